The summed E-state index contributed by atoms with van der Waals surface area (Å²) in [5.74, 6) is 2.48. The monoisotopic (exact) mass is 370 g/mol. The van der Waals surface area contributed by atoms with Gasteiger partial charge in [-0.15, -0.1) is 0 Å². The zero-order chi connectivity index (χ0) is 18.5. The Labute approximate surface area is 157 Å². The highest BCUT2D eigenvalue weighted by Gasteiger charge is 2.09. The number of halogens is 1. The molecule has 0 atom stereocenters. The summed E-state index contributed by atoms with van der Waals surface area (Å²) >= 11 is 6.15. The lowest BCUT2D eigenvalue weighted by Gasteiger charge is -2.13. The molecule has 7 heteroatoms. The van der Waals surface area contributed by atoms with E-state index in [1.54, 1.807) is 32.5 Å². The van der Waals surface area contributed by atoms with Crippen LogP contribution in [0.15, 0.2) is 48.7 Å². The zero-order valence-electron chi connectivity index (χ0n) is 14.7. The van der Waals surface area contributed by atoms with Crippen LogP contribution in [-0.2, 0) is 0 Å². The van der Waals surface area contributed by atoms with Gasteiger partial charge in [-0.05, 0) is 36.8 Å². The number of anilines is 4. The molecule has 1 heterocycles. The maximum atomic E-state index is 6.15. The minimum absolute atomic E-state index is 0.443. The van der Waals surface area contributed by atoms with E-state index < -0.39 is 0 Å². The predicted molar refractivity (Wildman–Crippen MR) is 104 cm³/mol. The van der Waals surface area contributed by atoms with Crippen molar-refractivity contribution in [2.24, 2.45) is 0 Å². The normalized spacial score (nSPS) is 10.3. The summed E-state index contributed by atoms with van der Waals surface area (Å²) in [6.07, 6.45) is 1.67. The summed E-state index contributed by atoms with van der Waals surface area (Å²) in [5.41, 5.74) is 2.54. The van der Waals surface area contributed by atoms with Gasteiger partial charge in [0.1, 0.15) is 17.3 Å². The summed E-state index contributed by atoms with van der Waals surface area (Å²) in [4.78, 5) is 8.75. The van der Waals surface area contributed by atoms with Gasteiger partial charge in [-0.1, -0.05) is 17.7 Å². The summed E-state index contributed by atoms with van der Waals surface area (Å²) in [5, 5.41) is 7.04. The van der Waals surface area contributed by atoms with Crippen LogP contribution in [0.5, 0.6) is 11.5 Å². The number of benzene rings is 2. The molecular weight excluding hydrogens is 352 g/mol. The molecule has 26 heavy (non-hydrogen) atoms. The first-order valence-electron chi connectivity index (χ1n) is 7.94. The highest BCUT2D eigenvalue weighted by molar-refractivity contribution is 6.31. The standard InChI is InChI=1S/C19H19ClN4O2/c1-12-9-16(17(26-3)11-15(12)20)23-19-21-8-7-18(24-19)22-13-5-4-6-14(10-13)25-2/h4-11H,1-3H3,(H2,21,22,23,24). The fraction of sp³-hybridized carbons (Fsp3) is 0.158. The molecule has 0 spiro atoms. The number of rotatable bonds is 6. The summed E-state index contributed by atoms with van der Waals surface area (Å²) in [6, 6.07) is 13.1. The molecule has 0 aliphatic heterocycles. The summed E-state index contributed by atoms with van der Waals surface area (Å²) < 4.78 is 10.6. The first-order chi connectivity index (χ1) is 12.6. The number of nitrogens with zero attached hydrogens (tertiary/aromatic N) is 2. The highest BCUT2D eigenvalue weighted by Crippen LogP contribution is 2.32. The summed E-state index contributed by atoms with van der Waals surface area (Å²) in [6.45, 7) is 1.93. The first kappa shape index (κ1) is 17.8. The van der Waals surface area contributed by atoms with Gasteiger partial charge in [0.25, 0.3) is 0 Å². The van der Waals surface area contributed by atoms with Crippen LogP contribution >= 0.6 is 11.6 Å². The smallest absolute Gasteiger partial charge is 0.229 e. The Morgan fingerprint density at radius 3 is 2.62 bits per heavy atom. The molecule has 0 saturated carbocycles. The molecule has 2 N–H and O–H groups in total. The van der Waals surface area contributed by atoms with Crippen molar-refractivity contribution in [3.8, 4) is 11.5 Å². The number of methoxy groups -OCH3 is 2. The van der Waals surface area contributed by atoms with Crippen LogP contribution in [0.4, 0.5) is 23.1 Å². The van der Waals surface area contributed by atoms with Crippen LogP contribution in [0.2, 0.25) is 5.02 Å². The lowest BCUT2D eigenvalue weighted by molar-refractivity contribution is 0.415. The number of aromatic nitrogens is 2. The van der Waals surface area contributed by atoms with Crippen molar-refractivity contribution in [2.75, 3.05) is 24.9 Å². The Kier molecular flexibility index (Phi) is 5.43. The second-order valence-corrected chi connectivity index (χ2v) is 5.96. The van der Waals surface area contributed by atoms with Crippen LogP contribution in [0.1, 0.15) is 5.56 Å². The predicted octanol–water partition coefficient (Wildman–Crippen LogP) is 4.94. The summed E-state index contributed by atoms with van der Waals surface area (Å²) in [7, 11) is 3.22. The third-order valence-corrected chi connectivity index (χ3v) is 4.13. The van der Waals surface area contributed by atoms with Gasteiger partial charge in [-0.3, -0.25) is 0 Å². The van der Waals surface area contributed by atoms with Crippen LogP contribution in [-0.4, -0.2) is 24.2 Å². The molecular formula is C19H19ClN4O2. The molecule has 0 fully saturated rings. The van der Waals surface area contributed by atoms with Crippen LogP contribution in [0.3, 0.4) is 0 Å². The van der Waals surface area contributed by atoms with E-state index in [0.29, 0.717) is 22.5 Å². The average molecular weight is 371 g/mol. The molecule has 0 radical (unpaired) electrons. The van der Waals surface area contributed by atoms with Crippen molar-refractivity contribution < 1.29 is 9.47 Å². The molecule has 6 nitrogen and oxygen atoms in total. The molecule has 0 aliphatic rings. The van der Waals surface area contributed by atoms with Crippen molar-refractivity contribution in [1.82, 2.24) is 9.97 Å². The topological polar surface area (TPSA) is 68.3 Å². The van der Waals surface area contributed by atoms with Gasteiger partial charge in [0.15, 0.2) is 0 Å². The third kappa shape index (κ3) is 4.15. The number of ether oxygens (including phenoxy) is 2. The van der Waals surface area contributed by atoms with E-state index in [0.717, 1.165) is 22.7 Å². The third-order valence-electron chi connectivity index (χ3n) is 3.72. The molecule has 0 saturated heterocycles. The van der Waals surface area contributed by atoms with Gasteiger partial charge >= 0.3 is 0 Å². The van der Waals surface area contributed by atoms with Gasteiger partial charge in [-0.25, -0.2) is 4.98 Å². The van der Waals surface area contributed by atoms with Crippen LogP contribution < -0.4 is 20.1 Å². The highest BCUT2D eigenvalue weighted by atomic mass is 35.5. The molecule has 3 aromatic rings. The minimum Gasteiger partial charge on any atom is -0.497 e. The Morgan fingerprint density at radius 2 is 1.85 bits per heavy atom. The Morgan fingerprint density at radius 1 is 1.00 bits per heavy atom. The fourth-order valence-electron chi connectivity index (χ4n) is 2.39. The van der Waals surface area contributed by atoms with Crippen molar-refractivity contribution in [2.45, 2.75) is 6.92 Å². The molecule has 2 aromatic carbocycles. The second-order valence-electron chi connectivity index (χ2n) is 5.55. The minimum atomic E-state index is 0.443. The quantitative estimate of drug-likeness (QED) is 0.640. The number of hydrogen-bond acceptors (Lipinski definition) is 6. The van der Waals surface area contributed by atoms with E-state index in [1.165, 1.54) is 0 Å². The average Bonchev–Trinajstić information content (AvgIpc) is 2.65. The van der Waals surface area contributed by atoms with Crippen molar-refractivity contribution in [1.29, 1.82) is 0 Å². The van der Waals surface area contributed by atoms with Crippen molar-refractivity contribution >= 4 is 34.7 Å². The van der Waals surface area contributed by atoms with Gasteiger partial charge < -0.3 is 20.1 Å². The number of aryl methyl sites for hydroxylation is 1. The second kappa shape index (κ2) is 7.93. The van der Waals surface area contributed by atoms with E-state index >= 15 is 0 Å². The molecule has 1 aromatic heterocycles. The van der Waals surface area contributed by atoms with Crippen LogP contribution in [0.25, 0.3) is 0 Å². The zero-order valence-corrected chi connectivity index (χ0v) is 15.5. The van der Waals surface area contributed by atoms with Gasteiger partial charge in [0.05, 0.1) is 19.9 Å². The SMILES string of the molecule is COc1cccc(Nc2ccnc(Nc3cc(C)c(Cl)cc3OC)n2)c1. The molecule has 0 bridgehead atoms. The number of hydrogen-bond donors (Lipinski definition) is 2. The molecule has 0 unspecified atom stereocenters. The van der Waals surface area contributed by atoms with Gasteiger partial charge in [0, 0.05) is 29.0 Å². The Bertz CT molecular complexity index is 918. The van der Waals surface area contributed by atoms with Crippen LogP contribution in [0, 0.1) is 6.92 Å². The molecule has 0 amide bonds. The largest absolute Gasteiger partial charge is 0.497 e. The van der Waals surface area contributed by atoms with Gasteiger partial charge in [0.2, 0.25) is 5.95 Å². The lowest BCUT2D eigenvalue weighted by atomic mass is 10.2. The van der Waals surface area contributed by atoms with E-state index in [-0.39, 0.29) is 0 Å². The van der Waals surface area contributed by atoms with E-state index in [2.05, 4.69) is 20.6 Å². The number of nitrogens with one attached hydrogen (secondary N) is 2. The molecule has 134 valence electrons. The Balaban J connectivity index is 1.82. The van der Waals surface area contributed by atoms with Crippen molar-refractivity contribution in [3.63, 3.8) is 0 Å². The fourth-order valence-corrected chi connectivity index (χ4v) is 2.54. The van der Waals surface area contributed by atoms with Crippen molar-refractivity contribution in [3.05, 3.63) is 59.2 Å². The Hall–Kier alpha value is -2.99. The molecule has 3 rings (SSSR count). The molecule has 0 aliphatic carbocycles. The maximum Gasteiger partial charge on any atom is 0.229 e. The van der Waals surface area contributed by atoms with Gasteiger partial charge in [-0.2, -0.15) is 4.98 Å². The van der Waals surface area contributed by atoms with E-state index in [4.69, 9.17) is 21.1 Å². The first-order valence-corrected chi connectivity index (χ1v) is 8.32. The van der Waals surface area contributed by atoms with E-state index in [1.807, 2.05) is 37.3 Å². The maximum absolute atomic E-state index is 6.15. The van der Waals surface area contributed by atoms with E-state index in [9.17, 15) is 0 Å². The lowest BCUT2D eigenvalue weighted by Crippen LogP contribution is -2.02.